The van der Waals surface area contributed by atoms with Gasteiger partial charge in [0.25, 0.3) is 0 Å². The van der Waals surface area contributed by atoms with Gasteiger partial charge in [0.2, 0.25) is 5.91 Å². The van der Waals surface area contributed by atoms with Gasteiger partial charge in [-0.2, -0.15) is 0 Å². The van der Waals surface area contributed by atoms with Crippen LogP contribution < -0.4 is 5.32 Å². The summed E-state index contributed by atoms with van der Waals surface area (Å²) in [5.41, 5.74) is 0.841. The van der Waals surface area contributed by atoms with Crippen molar-refractivity contribution in [1.82, 2.24) is 20.1 Å². The molecule has 1 aliphatic carbocycles. The quantitative estimate of drug-likeness (QED) is 0.722. The van der Waals surface area contributed by atoms with Crippen LogP contribution in [0.1, 0.15) is 50.2 Å². The molecule has 0 radical (unpaired) electrons. The van der Waals surface area contributed by atoms with Gasteiger partial charge >= 0.3 is 0 Å². The molecule has 5 nitrogen and oxygen atoms in total. The third kappa shape index (κ3) is 4.30. The van der Waals surface area contributed by atoms with Crippen LogP contribution in [0.2, 0.25) is 10.0 Å². The molecule has 25 heavy (non-hydrogen) atoms. The van der Waals surface area contributed by atoms with Crippen LogP contribution in [0, 0.1) is 6.92 Å². The summed E-state index contributed by atoms with van der Waals surface area (Å²) in [5.74, 6) is 0.838. The number of carbonyl (C=O) groups excluding carboxylic acids is 1. The first-order chi connectivity index (χ1) is 11.9. The van der Waals surface area contributed by atoms with Gasteiger partial charge in [-0.15, -0.1) is 10.2 Å². The Morgan fingerprint density at radius 2 is 2.04 bits per heavy atom. The van der Waals surface area contributed by atoms with Crippen LogP contribution in [-0.2, 0) is 4.79 Å². The van der Waals surface area contributed by atoms with Crippen molar-refractivity contribution in [3.8, 4) is 0 Å². The van der Waals surface area contributed by atoms with Gasteiger partial charge in [0.15, 0.2) is 5.16 Å². The Bertz CT molecular complexity index is 791. The maximum absolute atomic E-state index is 12.6. The minimum absolute atomic E-state index is 0.0634. The fourth-order valence-corrected chi connectivity index (χ4v) is 4.20. The number of hydrogen-bond donors (Lipinski definition) is 1. The van der Waals surface area contributed by atoms with Crippen LogP contribution in [-0.4, -0.2) is 25.9 Å². The number of aromatic nitrogens is 3. The molecule has 0 unspecified atom stereocenters. The van der Waals surface area contributed by atoms with Crippen molar-refractivity contribution in [3.63, 3.8) is 0 Å². The van der Waals surface area contributed by atoms with E-state index in [-0.39, 0.29) is 17.2 Å². The summed E-state index contributed by atoms with van der Waals surface area (Å²) < 4.78 is 2.13. The number of halogens is 2. The first-order valence-electron chi connectivity index (χ1n) is 8.20. The van der Waals surface area contributed by atoms with E-state index in [9.17, 15) is 4.79 Å². The Kier molecular flexibility index (Phi) is 5.61. The predicted molar refractivity (Wildman–Crippen MR) is 101 cm³/mol. The number of carbonyl (C=O) groups is 1. The molecular formula is C17H20Cl2N4OS. The Labute approximate surface area is 161 Å². The number of aryl methyl sites for hydroxylation is 1. The van der Waals surface area contributed by atoms with Crippen molar-refractivity contribution in [2.75, 3.05) is 0 Å². The molecule has 1 aliphatic rings. The summed E-state index contributed by atoms with van der Waals surface area (Å²) in [6, 6.07) is 5.56. The lowest BCUT2D eigenvalue weighted by atomic mass is 10.1. The van der Waals surface area contributed by atoms with E-state index >= 15 is 0 Å². The Morgan fingerprint density at radius 3 is 2.68 bits per heavy atom. The molecule has 134 valence electrons. The monoisotopic (exact) mass is 398 g/mol. The maximum atomic E-state index is 12.6. The third-order valence-corrected chi connectivity index (χ3v) is 5.81. The molecular weight excluding hydrogens is 379 g/mol. The smallest absolute Gasteiger partial charge is 0.233 e. The fourth-order valence-electron chi connectivity index (χ4n) is 2.66. The average molecular weight is 399 g/mol. The molecule has 1 amide bonds. The second-order valence-electron chi connectivity index (χ2n) is 6.29. The third-order valence-electron chi connectivity index (χ3n) is 4.19. The summed E-state index contributed by atoms with van der Waals surface area (Å²) in [5, 5.41) is 13.0. The zero-order chi connectivity index (χ0) is 18.1. The van der Waals surface area contributed by atoms with Gasteiger partial charge in [0, 0.05) is 16.1 Å². The van der Waals surface area contributed by atoms with E-state index in [0.717, 1.165) is 29.4 Å². The lowest BCUT2D eigenvalue weighted by Crippen LogP contribution is -2.33. The van der Waals surface area contributed by atoms with Gasteiger partial charge in [-0.05, 0) is 51.3 Å². The molecule has 1 aromatic carbocycles. The molecule has 1 fully saturated rings. The first-order valence-corrected chi connectivity index (χ1v) is 9.84. The molecule has 8 heteroatoms. The highest BCUT2D eigenvalue weighted by atomic mass is 35.5. The van der Waals surface area contributed by atoms with Gasteiger partial charge < -0.3 is 9.88 Å². The highest BCUT2D eigenvalue weighted by Crippen LogP contribution is 2.39. The van der Waals surface area contributed by atoms with Crippen molar-refractivity contribution in [2.24, 2.45) is 0 Å². The van der Waals surface area contributed by atoms with E-state index in [1.54, 1.807) is 12.1 Å². The van der Waals surface area contributed by atoms with Crippen LogP contribution in [0.5, 0.6) is 0 Å². The van der Waals surface area contributed by atoms with E-state index in [0.29, 0.717) is 16.1 Å². The Morgan fingerprint density at radius 1 is 1.32 bits per heavy atom. The standard InChI is InChI=1S/C17H20Cl2N4OS/c1-9(14-7-4-12(18)8-15(14)19)20-16(24)10(2)25-17-22-21-11(3)23(17)13-5-6-13/h4,7-10,13H,5-6H2,1-3H3,(H,20,24)/t9-,10+/m1/s1. The van der Waals surface area contributed by atoms with E-state index < -0.39 is 0 Å². The molecule has 2 atom stereocenters. The first kappa shape index (κ1) is 18.5. The number of thioether (sulfide) groups is 1. The minimum Gasteiger partial charge on any atom is -0.349 e. The molecule has 3 rings (SSSR count). The van der Waals surface area contributed by atoms with E-state index in [1.165, 1.54) is 11.8 Å². The summed E-state index contributed by atoms with van der Waals surface area (Å²) in [7, 11) is 0. The topological polar surface area (TPSA) is 59.8 Å². The molecule has 1 aromatic heterocycles. The molecule has 1 N–H and O–H groups in total. The number of amides is 1. The predicted octanol–water partition coefficient (Wildman–Crippen LogP) is 4.59. The normalized spacial score (nSPS) is 16.5. The highest BCUT2D eigenvalue weighted by molar-refractivity contribution is 8.00. The number of nitrogens with one attached hydrogen (secondary N) is 1. The van der Waals surface area contributed by atoms with E-state index in [1.807, 2.05) is 26.8 Å². The lowest BCUT2D eigenvalue weighted by Gasteiger charge is -2.19. The molecule has 0 saturated heterocycles. The minimum atomic E-state index is -0.283. The average Bonchev–Trinajstić information content (AvgIpc) is 3.31. The zero-order valence-corrected chi connectivity index (χ0v) is 16.6. The van der Waals surface area contributed by atoms with E-state index in [2.05, 4.69) is 20.1 Å². The second kappa shape index (κ2) is 7.56. The van der Waals surface area contributed by atoms with Crippen LogP contribution in [0.4, 0.5) is 0 Å². The van der Waals surface area contributed by atoms with Crippen LogP contribution in [0.15, 0.2) is 23.4 Å². The second-order valence-corrected chi connectivity index (χ2v) is 8.44. The van der Waals surface area contributed by atoms with Crippen LogP contribution in [0.25, 0.3) is 0 Å². The van der Waals surface area contributed by atoms with Gasteiger partial charge in [-0.1, -0.05) is 41.0 Å². The molecule has 0 aliphatic heterocycles. The summed E-state index contributed by atoms with van der Waals surface area (Å²) >= 11 is 13.6. The summed E-state index contributed by atoms with van der Waals surface area (Å²) in [6.45, 7) is 5.73. The zero-order valence-electron chi connectivity index (χ0n) is 14.3. The highest BCUT2D eigenvalue weighted by Gasteiger charge is 2.30. The number of benzene rings is 1. The van der Waals surface area contributed by atoms with Crippen LogP contribution in [0.3, 0.4) is 0 Å². The van der Waals surface area contributed by atoms with Crippen molar-refractivity contribution < 1.29 is 4.79 Å². The molecule has 0 bridgehead atoms. The van der Waals surface area contributed by atoms with Crippen molar-refractivity contribution in [1.29, 1.82) is 0 Å². The van der Waals surface area contributed by atoms with Gasteiger partial charge in [0.05, 0.1) is 11.3 Å². The summed E-state index contributed by atoms with van der Waals surface area (Å²) in [6.07, 6.45) is 2.30. The summed E-state index contributed by atoms with van der Waals surface area (Å²) in [4.78, 5) is 12.6. The number of nitrogens with zero attached hydrogens (tertiary/aromatic N) is 3. The Balaban J connectivity index is 1.64. The van der Waals surface area contributed by atoms with Crippen LogP contribution >= 0.6 is 35.0 Å². The molecule has 2 aromatic rings. The van der Waals surface area contributed by atoms with Gasteiger partial charge in [0.1, 0.15) is 5.82 Å². The molecule has 1 heterocycles. The molecule has 1 saturated carbocycles. The van der Waals surface area contributed by atoms with Crippen molar-refractivity contribution >= 4 is 40.9 Å². The Hall–Kier alpha value is -1.24. The fraction of sp³-hybridized carbons (Fsp3) is 0.471. The SMILES string of the molecule is Cc1nnc(S[C@@H](C)C(=O)N[C@H](C)c2ccc(Cl)cc2Cl)n1C1CC1. The molecule has 0 spiro atoms. The van der Waals surface area contributed by atoms with E-state index in [4.69, 9.17) is 23.2 Å². The van der Waals surface area contributed by atoms with Crippen molar-refractivity contribution in [3.05, 3.63) is 39.6 Å². The van der Waals surface area contributed by atoms with Gasteiger partial charge in [-0.25, -0.2) is 0 Å². The lowest BCUT2D eigenvalue weighted by molar-refractivity contribution is -0.120. The number of rotatable bonds is 6. The largest absolute Gasteiger partial charge is 0.349 e. The van der Waals surface area contributed by atoms with Crippen molar-refractivity contribution in [2.45, 2.75) is 56.1 Å². The number of hydrogen-bond acceptors (Lipinski definition) is 4. The van der Waals surface area contributed by atoms with Gasteiger partial charge in [-0.3, -0.25) is 4.79 Å². The maximum Gasteiger partial charge on any atom is 0.233 e.